The van der Waals surface area contributed by atoms with Crippen LogP contribution in [0.3, 0.4) is 0 Å². The topological polar surface area (TPSA) is 100 Å². The van der Waals surface area contributed by atoms with Crippen LogP contribution >= 0.6 is 11.3 Å². The van der Waals surface area contributed by atoms with Gasteiger partial charge in [0.25, 0.3) is 0 Å². The molecule has 0 unspecified atom stereocenters. The molecule has 0 amide bonds. The van der Waals surface area contributed by atoms with Gasteiger partial charge in [-0.25, -0.2) is 29.9 Å². The quantitative estimate of drug-likeness (QED) is 0.107. The lowest BCUT2D eigenvalue weighted by atomic mass is 9.97. The molecule has 0 saturated heterocycles. The molecule has 0 N–H and O–H groups in total. The van der Waals surface area contributed by atoms with Crippen LogP contribution in [-0.4, -0.2) is 39.0 Å². The maximum atomic E-state index is 6.44. The summed E-state index contributed by atoms with van der Waals surface area (Å²) in [7, 11) is 0. The maximum Gasteiger partial charge on any atom is 0.162 e. The van der Waals surface area contributed by atoms with Gasteiger partial charge in [0.1, 0.15) is 11.2 Å². The van der Waals surface area contributed by atoms with Crippen molar-refractivity contribution in [2.24, 2.45) is 0 Å². The van der Waals surface area contributed by atoms with Gasteiger partial charge in [-0.05, 0) is 131 Å². The Morgan fingerprint density at radius 1 is 0.177 bits per heavy atom. The third-order valence-electron chi connectivity index (χ3n) is 23.6. The molecule has 8 heterocycles. The number of benzene rings is 16. The second kappa shape index (κ2) is 31.1. The fourth-order valence-electron chi connectivity index (χ4n) is 17.7. The average molecular weight is 1600 g/mol. The monoisotopic (exact) mass is 1600 g/mol. The minimum atomic E-state index is 0.637. The van der Waals surface area contributed by atoms with Crippen LogP contribution in [0.2, 0.25) is 0 Å². The maximum absolute atomic E-state index is 6.44. The fraction of sp³-hybridized carbons (Fsp3) is 0. The van der Waals surface area contributed by atoms with Crippen molar-refractivity contribution < 1.29 is 4.42 Å². The highest BCUT2D eigenvalue weighted by Gasteiger charge is 2.26. The Labute approximate surface area is 718 Å². The van der Waals surface area contributed by atoms with E-state index < -0.39 is 0 Å². The molecule has 580 valence electrons. The van der Waals surface area contributed by atoms with E-state index in [1.807, 2.05) is 72.0 Å². The molecule has 0 bridgehead atoms. The van der Waals surface area contributed by atoms with Crippen molar-refractivity contribution in [1.29, 1.82) is 0 Å². The zero-order valence-electron chi connectivity index (χ0n) is 67.0. The van der Waals surface area contributed by atoms with E-state index in [2.05, 4.69) is 385 Å². The molecule has 9 nitrogen and oxygen atoms in total. The minimum Gasteiger partial charge on any atom is -0.456 e. The van der Waals surface area contributed by atoms with Gasteiger partial charge in [0.15, 0.2) is 11.6 Å². The lowest BCUT2D eigenvalue weighted by Gasteiger charge is -2.17. The Morgan fingerprint density at radius 2 is 0.532 bits per heavy atom. The summed E-state index contributed by atoms with van der Waals surface area (Å²) in [6, 6.07) is 153. The highest BCUT2D eigenvalue weighted by atomic mass is 32.1. The van der Waals surface area contributed by atoms with Crippen LogP contribution in [0.4, 0.5) is 0 Å². The molecular weight excluding hydrogens is 1530 g/mol. The molecule has 10 heteroatoms. The summed E-state index contributed by atoms with van der Waals surface area (Å²) in [6.45, 7) is 0. The summed E-state index contributed by atoms with van der Waals surface area (Å²) >= 11 is 1.85. The van der Waals surface area contributed by atoms with E-state index in [1.165, 1.54) is 30.9 Å². The summed E-state index contributed by atoms with van der Waals surface area (Å²) in [5, 5.41) is 9.36. The average Bonchev–Trinajstić information content (AvgIpc) is 1.57. The lowest BCUT2D eigenvalue weighted by Crippen LogP contribution is -2.02. The van der Waals surface area contributed by atoms with Gasteiger partial charge in [0.05, 0.1) is 79.0 Å². The van der Waals surface area contributed by atoms with Gasteiger partial charge in [-0.15, -0.1) is 11.3 Å². The zero-order chi connectivity index (χ0) is 82.0. The molecule has 0 atom stereocenters. The number of hydrogen-bond acceptors (Lipinski definition) is 8. The molecule has 0 aliphatic heterocycles. The second-order valence-electron chi connectivity index (χ2n) is 31.2. The predicted molar refractivity (Wildman–Crippen MR) is 514 cm³/mol. The highest BCUT2D eigenvalue weighted by molar-refractivity contribution is 7.25. The molecule has 0 saturated carbocycles. The zero-order valence-corrected chi connectivity index (χ0v) is 67.8. The summed E-state index contributed by atoms with van der Waals surface area (Å²) in [5.41, 5.74) is 29.5. The normalized spacial score (nSPS) is 11.5. The molecule has 124 heavy (non-hydrogen) atoms. The Morgan fingerprint density at radius 3 is 1.02 bits per heavy atom. The van der Waals surface area contributed by atoms with Crippen LogP contribution in [0.5, 0.6) is 0 Å². The number of pyridine rings is 2. The molecular formula is C114H72N8OS. The number of aromatic nitrogens is 8. The number of para-hydroxylation sites is 3. The van der Waals surface area contributed by atoms with Crippen molar-refractivity contribution in [2.45, 2.75) is 0 Å². The molecule has 0 fully saturated rings. The molecule has 0 aliphatic carbocycles. The molecule has 0 spiro atoms. The Bertz CT molecular complexity index is 7480. The molecule has 0 radical (unpaired) electrons. The number of nitrogens with zero attached hydrogens (tertiary/aromatic N) is 8. The standard InChI is InChI=1S/C57H36N4O.C57H36N4S/c1-5-17-37(18-6-1)42-32-48(38-19-7-2-8-20-38)58-49(33-42)41-29-30-53(47(31-41)51-36-50(39-21-9-3-10-22-39)59-57(60-51)40-23-11-4-12-24-40)61-52-27-15-13-25-43(52)45-35-56-46(34-54(45)61)44-26-14-16-28-55(44)62-56;1-5-17-37(18-6-1)42-32-48(38-19-7-2-8-20-38)58-49(33-42)41-29-30-53(47(31-41)57-59-50(39-21-9-3-10-22-39)36-51(60-57)40-23-11-4-12-24-40)61-52-27-15-13-25-43(52)45-35-56-46(34-54(45)61)44-26-14-16-28-55(44)62-56/h2*1-36H. The largest absolute Gasteiger partial charge is 0.456 e. The van der Waals surface area contributed by atoms with Gasteiger partial charge in [0, 0.05) is 108 Å². The Balaban J connectivity index is 0.000000143. The summed E-state index contributed by atoms with van der Waals surface area (Å²) in [5.74, 6) is 1.29. The lowest BCUT2D eigenvalue weighted by molar-refractivity contribution is 0.669. The van der Waals surface area contributed by atoms with E-state index >= 15 is 0 Å². The Hall–Kier alpha value is -16.4. The van der Waals surface area contributed by atoms with E-state index in [0.29, 0.717) is 11.6 Å². The third-order valence-corrected chi connectivity index (χ3v) is 24.8. The second-order valence-corrected chi connectivity index (χ2v) is 32.3. The van der Waals surface area contributed by atoms with Crippen molar-refractivity contribution in [1.82, 2.24) is 39.0 Å². The van der Waals surface area contributed by atoms with Crippen LogP contribution in [-0.2, 0) is 0 Å². The van der Waals surface area contributed by atoms with E-state index in [4.69, 9.17) is 34.3 Å². The van der Waals surface area contributed by atoms with Gasteiger partial charge < -0.3 is 13.6 Å². The first kappa shape index (κ1) is 72.8. The first-order valence-corrected chi connectivity index (χ1v) is 42.5. The number of thiophene rings is 1. The fourth-order valence-corrected chi connectivity index (χ4v) is 18.8. The van der Waals surface area contributed by atoms with Crippen molar-refractivity contribution in [3.05, 3.63) is 437 Å². The smallest absolute Gasteiger partial charge is 0.162 e. The van der Waals surface area contributed by atoms with Gasteiger partial charge in [0.2, 0.25) is 0 Å². The van der Waals surface area contributed by atoms with Crippen molar-refractivity contribution >= 4 is 97.1 Å². The van der Waals surface area contributed by atoms with Crippen LogP contribution in [0.15, 0.2) is 441 Å². The SMILES string of the molecule is c1ccc(-c2cc(-c3ccccc3)nc(-c3ccc(-n4c5ccccc5c5cc6oc7ccccc7c6cc54)c(-c4cc(-c5ccccc5)nc(-c5ccccc5)n4)c3)c2)cc1.c1ccc(-c2cc(-c3ccccc3)nc(-c3ccc(-n4c5ccccc5c5cc6sc7ccccc7c6cc54)c(-c4nc(-c5ccccc5)cc(-c5ccccc5)n4)c3)c2)cc1. The summed E-state index contributed by atoms with van der Waals surface area (Å²) in [6.07, 6.45) is 0. The van der Waals surface area contributed by atoms with E-state index in [9.17, 15) is 0 Å². The first-order valence-electron chi connectivity index (χ1n) is 41.7. The molecule has 16 aromatic carbocycles. The highest BCUT2D eigenvalue weighted by Crippen LogP contribution is 2.47. The number of rotatable bonds is 14. The van der Waals surface area contributed by atoms with Gasteiger partial charge in [-0.2, -0.15) is 0 Å². The van der Waals surface area contributed by atoms with Crippen molar-refractivity contribution in [3.8, 4) is 146 Å². The van der Waals surface area contributed by atoms with Crippen molar-refractivity contribution in [2.75, 3.05) is 0 Å². The molecule has 24 aromatic rings. The number of furan rings is 1. The van der Waals surface area contributed by atoms with Gasteiger partial charge in [-0.3, -0.25) is 0 Å². The molecule has 0 aliphatic rings. The minimum absolute atomic E-state index is 0.637. The van der Waals surface area contributed by atoms with Crippen LogP contribution in [0, 0.1) is 0 Å². The van der Waals surface area contributed by atoms with E-state index in [1.54, 1.807) is 0 Å². The summed E-state index contributed by atoms with van der Waals surface area (Å²) < 4.78 is 13.8. The van der Waals surface area contributed by atoms with Crippen LogP contribution < -0.4 is 0 Å². The van der Waals surface area contributed by atoms with E-state index in [0.717, 1.165) is 190 Å². The third kappa shape index (κ3) is 13.4. The Kier molecular flexibility index (Phi) is 18.2. The van der Waals surface area contributed by atoms with Crippen LogP contribution in [0.25, 0.3) is 232 Å². The number of hydrogen-bond donors (Lipinski definition) is 0. The number of fused-ring (bicyclic) bond motifs is 12. The predicted octanol–water partition coefficient (Wildman–Crippen LogP) is 30.2. The first-order chi connectivity index (χ1) is 61.4. The van der Waals surface area contributed by atoms with E-state index in [-0.39, 0.29) is 0 Å². The van der Waals surface area contributed by atoms with Crippen LogP contribution in [0.1, 0.15) is 0 Å². The van der Waals surface area contributed by atoms with Gasteiger partial charge >= 0.3 is 0 Å². The summed E-state index contributed by atoms with van der Waals surface area (Å²) in [4.78, 5) is 32.2. The van der Waals surface area contributed by atoms with Gasteiger partial charge in [-0.1, -0.05) is 328 Å². The van der Waals surface area contributed by atoms with Crippen molar-refractivity contribution in [3.63, 3.8) is 0 Å². The molecule has 8 aromatic heterocycles. The molecule has 24 rings (SSSR count).